The van der Waals surface area contributed by atoms with Crippen molar-refractivity contribution < 1.29 is 17.9 Å². The molecule has 0 spiro atoms. The summed E-state index contributed by atoms with van der Waals surface area (Å²) in [6, 6.07) is 7.68. The number of anilines is 1. The van der Waals surface area contributed by atoms with E-state index in [0.717, 1.165) is 5.69 Å². The maximum atomic E-state index is 13.0. The van der Waals surface area contributed by atoms with Gasteiger partial charge in [-0.1, -0.05) is 12.1 Å². The highest BCUT2D eigenvalue weighted by molar-refractivity contribution is 7.89. The number of hydrogen-bond acceptors (Lipinski definition) is 5. The Hall–Kier alpha value is -2.32. The van der Waals surface area contributed by atoms with Crippen LogP contribution < -0.4 is 4.90 Å². The topological polar surface area (TPSA) is 71.8 Å². The largest absolute Gasteiger partial charge is 0.464 e. The van der Waals surface area contributed by atoms with Gasteiger partial charge in [0.1, 0.15) is 10.6 Å². The fourth-order valence-electron chi connectivity index (χ4n) is 3.36. The van der Waals surface area contributed by atoms with Crippen LogP contribution in [0.4, 0.5) is 5.69 Å². The van der Waals surface area contributed by atoms with Crippen molar-refractivity contribution in [3.05, 3.63) is 47.3 Å². The van der Waals surface area contributed by atoms with Crippen molar-refractivity contribution in [3.8, 4) is 0 Å². The molecule has 0 bridgehead atoms. The second-order valence-corrected chi connectivity index (χ2v) is 8.78. The lowest BCUT2D eigenvalue weighted by molar-refractivity contribution is 0.0590. The van der Waals surface area contributed by atoms with Crippen LogP contribution in [-0.4, -0.2) is 56.5 Å². The molecule has 27 heavy (non-hydrogen) atoms. The number of nitrogens with zero attached hydrogens (tertiary/aromatic N) is 3. The first-order chi connectivity index (χ1) is 12.7. The molecule has 0 unspecified atom stereocenters. The van der Waals surface area contributed by atoms with Gasteiger partial charge in [-0.05, 0) is 37.1 Å². The summed E-state index contributed by atoms with van der Waals surface area (Å²) < 4.78 is 33.6. The van der Waals surface area contributed by atoms with Crippen molar-refractivity contribution >= 4 is 21.7 Å². The Morgan fingerprint density at radius 2 is 1.74 bits per heavy atom. The van der Waals surface area contributed by atoms with Crippen molar-refractivity contribution in [2.75, 3.05) is 38.2 Å². The lowest BCUT2D eigenvalue weighted by Crippen LogP contribution is -2.48. The Labute approximate surface area is 160 Å². The first kappa shape index (κ1) is 19.4. The number of benzene rings is 1. The maximum absolute atomic E-state index is 13.0. The number of sulfonamides is 1. The fourth-order valence-corrected chi connectivity index (χ4v) is 4.86. The predicted octanol–water partition coefficient (Wildman–Crippen LogP) is 1.94. The van der Waals surface area contributed by atoms with Crippen LogP contribution in [0, 0.1) is 13.8 Å². The molecule has 0 N–H and O–H groups in total. The molecule has 1 aliphatic heterocycles. The lowest BCUT2D eigenvalue weighted by atomic mass is 10.1. The van der Waals surface area contributed by atoms with E-state index in [9.17, 15) is 13.2 Å². The van der Waals surface area contributed by atoms with E-state index < -0.39 is 16.0 Å². The highest BCUT2D eigenvalue weighted by Crippen LogP contribution is 2.25. The molecular weight excluding hydrogens is 366 g/mol. The van der Waals surface area contributed by atoms with Crippen LogP contribution in [0.1, 0.15) is 21.6 Å². The summed E-state index contributed by atoms with van der Waals surface area (Å²) >= 11 is 0. The number of methoxy groups -OCH3 is 1. The normalized spacial score (nSPS) is 15.8. The van der Waals surface area contributed by atoms with Crippen molar-refractivity contribution in [3.63, 3.8) is 0 Å². The van der Waals surface area contributed by atoms with Crippen LogP contribution >= 0.6 is 0 Å². The van der Waals surface area contributed by atoms with E-state index in [0.29, 0.717) is 26.2 Å². The summed E-state index contributed by atoms with van der Waals surface area (Å²) in [7, 11) is -0.749. The number of ether oxygens (including phenoxy) is 1. The van der Waals surface area contributed by atoms with Gasteiger partial charge in [-0.2, -0.15) is 4.31 Å². The van der Waals surface area contributed by atoms with E-state index in [-0.39, 0.29) is 10.6 Å². The van der Waals surface area contributed by atoms with Crippen LogP contribution in [0.2, 0.25) is 0 Å². The molecule has 1 aliphatic rings. The predicted molar refractivity (Wildman–Crippen MR) is 104 cm³/mol. The average Bonchev–Trinajstić information content (AvgIpc) is 3.06. The SMILES string of the molecule is COC(=O)c1cc(S(=O)(=O)N2CCN(c3cc(C)ccc3C)CC2)cn1C. The summed E-state index contributed by atoms with van der Waals surface area (Å²) in [5.41, 5.74) is 3.73. The van der Waals surface area contributed by atoms with Gasteiger partial charge in [-0.25, -0.2) is 13.2 Å². The minimum atomic E-state index is -3.65. The number of carbonyl (C=O) groups excluding carboxylic acids is 1. The summed E-state index contributed by atoms with van der Waals surface area (Å²) in [4.78, 5) is 14.1. The molecule has 0 aliphatic carbocycles. The number of esters is 1. The number of piperazine rings is 1. The van der Waals surface area contributed by atoms with Crippen molar-refractivity contribution in [1.29, 1.82) is 0 Å². The van der Waals surface area contributed by atoms with E-state index in [2.05, 4.69) is 36.9 Å². The molecule has 2 aromatic rings. The molecule has 146 valence electrons. The van der Waals surface area contributed by atoms with Crippen LogP contribution in [0.15, 0.2) is 35.4 Å². The summed E-state index contributed by atoms with van der Waals surface area (Å²) in [5.74, 6) is -0.557. The summed E-state index contributed by atoms with van der Waals surface area (Å²) in [5, 5.41) is 0. The van der Waals surface area contributed by atoms with E-state index in [1.54, 1.807) is 7.05 Å². The number of aryl methyl sites for hydroxylation is 3. The number of hydrogen-bond donors (Lipinski definition) is 0. The van der Waals surface area contributed by atoms with Crippen LogP contribution in [-0.2, 0) is 21.8 Å². The first-order valence-electron chi connectivity index (χ1n) is 8.81. The molecule has 1 saturated heterocycles. The molecule has 1 aromatic heterocycles. The Morgan fingerprint density at radius 3 is 2.37 bits per heavy atom. The van der Waals surface area contributed by atoms with Crippen molar-refractivity contribution in [1.82, 2.24) is 8.87 Å². The Balaban J connectivity index is 1.77. The molecule has 3 rings (SSSR count). The van der Waals surface area contributed by atoms with Gasteiger partial charge < -0.3 is 14.2 Å². The molecule has 1 fully saturated rings. The van der Waals surface area contributed by atoms with Gasteiger partial charge in [0.25, 0.3) is 0 Å². The molecule has 7 nitrogen and oxygen atoms in total. The van der Waals surface area contributed by atoms with Crippen molar-refractivity contribution in [2.45, 2.75) is 18.7 Å². The highest BCUT2D eigenvalue weighted by Gasteiger charge is 2.31. The fraction of sp³-hybridized carbons (Fsp3) is 0.421. The number of rotatable bonds is 4. The molecule has 8 heteroatoms. The second kappa shape index (κ2) is 7.36. The third-order valence-electron chi connectivity index (χ3n) is 4.96. The summed E-state index contributed by atoms with van der Waals surface area (Å²) in [6.07, 6.45) is 1.46. The Kier molecular flexibility index (Phi) is 5.30. The zero-order valence-corrected chi connectivity index (χ0v) is 16.9. The molecule has 0 saturated carbocycles. The average molecular weight is 391 g/mol. The van der Waals surface area contributed by atoms with E-state index in [1.165, 1.54) is 39.4 Å². The maximum Gasteiger partial charge on any atom is 0.354 e. The van der Waals surface area contributed by atoms with Crippen LogP contribution in [0.5, 0.6) is 0 Å². The zero-order valence-electron chi connectivity index (χ0n) is 16.1. The number of aromatic nitrogens is 1. The molecule has 0 radical (unpaired) electrons. The third kappa shape index (κ3) is 3.72. The standard InChI is InChI=1S/C19H25N3O4S/c1-14-5-6-15(2)17(11-14)21-7-9-22(10-8-21)27(24,25)16-12-18(19(23)26-4)20(3)13-16/h5-6,11-13H,7-10H2,1-4H3. The Bertz CT molecular complexity index is 957. The van der Waals surface area contributed by atoms with Gasteiger partial charge in [0, 0.05) is 45.1 Å². The van der Waals surface area contributed by atoms with Gasteiger partial charge in [0.2, 0.25) is 10.0 Å². The smallest absolute Gasteiger partial charge is 0.354 e. The molecular formula is C19H25N3O4S. The van der Waals surface area contributed by atoms with Crippen molar-refractivity contribution in [2.24, 2.45) is 7.05 Å². The molecule has 1 aromatic carbocycles. The summed E-state index contributed by atoms with van der Waals surface area (Å²) in [6.45, 7) is 6.17. The Morgan fingerprint density at radius 1 is 1.07 bits per heavy atom. The van der Waals surface area contributed by atoms with Gasteiger partial charge in [-0.3, -0.25) is 0 Å². The van der Waals surface area contributed by atoms with Crippen LogP contribution in [0.25, 0.3) is 0 Å². The minimum Gasteiger partial charge on any atom is -0.464 e. The monoisotopic (exact) mass is 391 g/mol. The quantitative estimate of drug-likeness (QED) is 0.745. The molecule has 0 atom stereocenters. The van der Waals surface area contributed by atoms with E-state index >= 15 is 0 Å². The third-order valence-corrected chi connectivity index (χ3v) is 6.82. The molecule has 0 amide bonds. The van der Waals surface area contributed by atoms with E-state index in [4.69, 9.17) is 4.74 Å². The van der Waals surface area contributed by atoms with Crippen LogP contribution in [0.3, 0.4) is 0 Å². The van der Waals surface area contributed by atoms with Gasteiger partial charge in [0.15, 0.2) is 0 Å². The molecule has 2 heterocycles. The minimum absolute atomic E-state index is 0.116. The van der Waals surface area contributed by atoms with Gasteiger partial charge in [-0.15, -0.1) is 0 Å². The number of carbonyl (C=O) groups is 1. The van der Waals surface area contributed by atoms with E-state index in [1.807, 2.05) is 0 Å². The zero-order chi connectivity index (χ0) is 19.8. The highest BCUT2D eigenvalue weighted by atomic mass is 32.2. The van der Waals surface area contributed by atoms with Gasteiger partial charge in [0.05, 0.1) is 7.11 Å². The second-order valence-electron chi connectivity index (χ2n) is 6.84. The first-order valence-corrected chi connectivity index (χ1v) is 10.2. The van der Waals surface area contributed by atoms with Gasteiger partial charge >= 0.3 is 5.97 Å². The lowest BCUT2D eigenvalue weighted by Gasteiger charge is -2.36.